The lowest BCUT2D eigenvalue weighted by Gasteiger charge is -2.35. The third-order valence-electron chi connectivity index (χ3n) is 4.07. The fraction of sp³-hybridized carbons (Fsp3) is 0.471. The number of rotatable bonds is 4. The summed E-state index contributed by atoms with van der Waals surface area (Å²) in [6, 6.07) is 3.57. The largest absolute Gasteiger partial charge is 0.342 e. The molecule has 0 aromatic carbocycles. The third kappa shape index (κ3) is 4.45. The fourth-order valence-electron chi connectivity index (χ4n) is 3.14. The van der Waals surface area contributed by atoms with Crippen LogP contribution in [0, 0.1) is 11.8 Å². The molecule has 1 aliphatic rings. The molecule has 0 bridgehead atoms. The van der Waals surface area contributed by atoms with Crippen molar-refractivity contribution in [3.63, 3.8) is 0 Å². The first-order chi connectivity index (χ1) is 11.5. The van der Waals surface area contributed by atoms with Gasteiger partial charge in [-0.05, 0) is 30.4 Å². The smallest absolute Gasteiger partial charge is 0.228 e. The summed E-state index contributed by atoms with van der Waals surface area (Å²) < 4.78 is 0. The third-order valence-corrected chi connectivity index (χ3v) is 5.10. The van der Waals surface area contributed by atoms with Crippen molar-refractivity contribution in [1.29, 1.82) is 0 Å². The van der Waals surface area contributed by atoms with E-state index < -0.39 is 0 Å². The Morgan fingerprint density at radius 3 is 2.79 bits per heavy atom. The van der Waals surface area contributed by atoms with Gasteiger partial charge in [0.2, 0.25) is 5.91 Å². The van der Waals surface area contributed by atoms with Crippen molar-refractivity contribution in [3.05, 3.63) is 34.4 Å². The summed E-state index contributed by atoms with van der Waals surface area (Å²) in [6.45, 7) is 6.13. The lowest BCUT2D eigenvalue weighted by atomic mass is 9.92. The summed E-state index contributed by atoms with van der Waals surface area (Å²) >= 11 is 7.30. The zero-order chi connectivity index (χ0) is 17.1. The highest BCUT2D eigenvalue weighted by atomic mass is 35.5. The number of carbonyl (C=O) groups is 1. The highest BCUT2D eigenvalue weighted by Crippen LogP contribution is 2.23. The molecule has 0 spiro atoms. The topological polar surface area (TPSA) is 58.1 Å². The van der Waals surface area contributed by atoms with Gasteiger partial charge in [-0.1, -0.05) is 25.4 Å². The van der Waals surface area contributed by atoms with Crippen LogP contribution in [0.5, 0.6) is 0 Å². The molecule has 1 aliphatic heterocycles. The number of likely N-dealkylation sites (tertiary alicyclic amines) is 1. The summed E-state index contributed by atoms with van der Waals surface area (Å²) in [7, 11) is 0. The molecule has 1 amide bonds. The van der Waals surface area contributed by atoms with Crippen molar-refractivity contribution in [1.82, 2.24) is 14.9 Å². The van der Waals surface area contributed by atoms with E-state index in [0.29, 0.717) is 29.1 Å². The van der Waals surface area contributed by atoms with Gasteiger partial charge in [-0.15, -0.1) is 11.3 Å². The number of hydrogen-bond acceptors (Lipinski definition) is 5. The van der Waals surface area contributed by atoms with Crippen LogP contribution in [-0.2, 0) is 11.2 Å². The molecule has 0 aliphatic carbocycles. The Labute approximate surface area is 151 Å². The molecule has 1 saturated heterocycles. The summed E-state index contributed by atoms with van der Waals surface area (Å²) in [5.41, 5.74) is 0.798. The SMILES string of the molecule is CC1CC(C)CN(C(=O)Cc2csc(Nc3ccc(Cl)cn3)n2)C1. The summed E-state index contributed by atoms with van der Waals surface area (Å²) in [6.07, 6.45) is 3.13. The maximum atomic E-state index is 12.5. The number of nitrogens with one attached hydrogen (secondary N) is 1. The number of halogens is 1. The molecule has 5 nitrogen and oxygen atoms in total. The van der Waals surface area contributed by atoms with Crippen LogP contribution in [0.1, 0.15) is 26.0 Å². The molecule has 1 fully saturated rings. The van der Waals surface area contributed by atoms with Gasteiger partial charge in [0, 0.05) is 24.7 Å². The van der Waals surface area contributed by atoms with E-state index in [2.05, 4.69) is 29.1 Å². The van der Waals surface area contributed by atoms with E-state index >= 15 is 0 Å². The molecule has 2 aromatic rings. The van der Waals surface area contributed by atoms with Gasteiger partial charge in [0.05, 0.1) is 17.1 Å². The number of hydrogen-bond donors (Lipinski definition) is 1. The molecule has 24 heavy (non-hydrogen) atoms. The van der Waals surface area contributed by atoms with Crippen LogP contribution in [0.2, 0.25) is 5.02 Å². The predicted octanol–water partition coefficient (Wildman–Crippen LogP) is 3.98. The molecule has 3 heterocycles. The molecule has 7 heteroatoms. The molecule has 2 atom stereocenters. The standard InChI is InChI=1S/C17H21ClN4OS/c1-11-5-12(2)9-22(8-11)16(23)6-14-10-24-17(20-14)21-15-4-3-13(18)7-19-15/h3-4,7,10-12H,5-6,8-9H2,1-2H3,(H,19,20,21). The van der Waals surface area contributed by atoms with Crippen LogP contribution in [-0.4, -0.2) is 33.9 Å². The van der Waals surface area contributed by atoms with Crippen LogP contribution in [0.15, 0.2) is 23.7 Å². The highest BCUT2D eigenvalue weighted by molar-refractivity contribution is 7.13. The summed E-state index contributed by atoms with van der Waals surface area (Å²) in [4.78, 5) is 23.2. The molecular weight excluding hydrogens is 344 g/mol. The Balaban J connectivity index is 1.59. The number of anilines is 2. The van der Waals surface area contributed by atoms with E-state index in [1.165, 1.54) is 17.8 Å². The second-order valence-corrected chi connectivity index (χ2v) is 7.85. The van der Waals surface area contributed by atoms with Crippen molar-refractivity contribution >= 4 is 39.8 Å². The molecule has 0 saturated carbocycles. The summed E-state index contributed by atoms with van der Waals surface area (Å²) in [5.74, 6) is 1.99. The van der Waals surface area contributed by atoms with Crippen LogP contribution in [0.3, 0.4) is 0 Å². The van der Waals surface area contributed by atoms with Crippen LogP contribution in [0.25, 0.3) is 0 Å². The number of pyridine rings is 1. The van der Waals surface area contributed by atoms with Gasteiger partial charge in [0.1, 0.15) is 5.82 Å². The quantitative estimate of drug-likeness (QED) is 0.891. The maximum Gasteiger partial charge on any atom is 0.228 e. The first-order valence-corrected chi connectivity index (χ1v) is 9.36. The Kier molecular flexibility index (Phi) is 5.36. The predicted molar refractivity (Wildman–Crippen MR) is 97.9 cm³/mol. The molecule has 1 N–H and O–H groups in total. The molecule has 128 valence electrons. The molecule has 0 radical (unpaired) electrons. The van der Waals surface area contributed by atoms with Crippen LogP contribution >= 0.6 is 22.9 Å². The Hall–Kier alpha value is -1.66. The van der Waals surface area contributed by atoms with E-state index in [4.69, 9.17) is 11.6 Å². The van der Waals surface area contributed by atoms with E-state index in [0.717, 1.165) is 23.9 Å². The first-order valence-electron chi connectivity index (χ1n) is 8.10. The number of thiazole rings is 1. The Bertz CT molecular complexity index is 693. The van der Waals surface area contributed by atoms with Gasteiger partial charge in [-0.2, -0.15) is 0 Å². The monoisotopic (exact) mass is 364 g/mol. The minimum Gasteiger partial charge on any atom is -0.342 e. The van der Waals surface area contributed by atoms with Crippen LogP contribution < -0.4 is 5.32 Å². The fourth-order valence-corrected chi connectivity index (χ4v) is 3.97. The molecule has 2 unspecified atom stereocenters. The molecular formula is C17H21ClN4OS. The molecule has 3 rings (SSSR count). The summed E-state index contributed by atoms with van der Waals surface area (Å²) in [5, 5.41) is 6.38. The zero-order valence-corrected chi connectivity index (χ0v) is 15.4. The second-order valence-electron chi connectivity index (χ2n) is 6.55. The lowest BCUT2D eigenvalue weighted by molar-refractivity contribution is -0.133. The minimum absolute atomic E-state index is 0.162. The number of aromatic nitrogens is 2. The van der Waals surface area contributed by atoms with Gasteiger partial charge in [-0.25, -0.2) is 9.97 Å². The number of amides is 1. The van der Waals surface area contributed by atoms with Crippen molar-refractivity contribution < 1.29 is 4.79 Å². The first kappa shape index (κ1) is 17.2. The van der Waals surface area contributed by atoms with E-state index in [1.54, 1.807) is 18.3 Å². The zero-order valence-electron chi connectivity index (χ0n) is 13.8. The number of piperidine rings is 1. The highest BCUT2D eigenvalue weighted by Gasteiger charge is 2.25. The maximum absolute atomic E-state index is 12.5. The van der Waals surface area contributed by atoms with Gasteiger partial charge in [-0.3, -0.25) is 4.79 Å². The van der Waals surface area contributed by atoms with Crippen molar-refractivity contribution in [3.8, 4) is 0 Å². The average Bonchev–Trinajstić information content (AvgIpc) is 2.95. The minimum atomic E-state index is 0.162. The normalized spacial score (nSPS) is 20.9. The van der Waals surface area contributed by atoms with Gasteiger partial charge < -0.3 is 10.2 Å². The van der Waals surface area contributed by atoms with Crippen molar-refractivity contribution in [2.75, 3.05) is 18.4 Å². The number of carbonyl (C=O) groups excluding carboxylic acids is 1. The second kappa shape index (κ2) is 7.49. The van der Waals surface area contributed by atoms with E-state index in [-0.39, 0.29) is 5.91 Å². The van der Waals surface area contributed by atoms with E-state index in [9.17, 15) is 4.79 Å². The number of nitrogens with zero attached hydrogens (tertiary/aromatic N) is 3. The lowest BCUT2D eigenvalue weighted by Crippen LogP contribution is -2.43. The van der Waals surface area contributed by atoms with Crippen molar-refractivity contribution in [2.24, 2.45) is 11.8 Å². The van der Waals surface area contributed by atoms with Gasteiger partial charge in [0.15, 0.2) is 5.13 Å². The Morgan fingerprint density at radius 1 is 1.38 bits per heavy atom. The van der Waals surface area contributed by atoms with Gasteiger partial charge in [0.25, 0.3) is 0 Å². The van der Waals surface area contributed by atoms with Gasteiger partial charge >= 0.3 is 0 Å². The van der Waals surface area contributed by atoms with Crippen LogP contribution in [0.4, 0.5) is 10.9 Å². The average molecular weight is 365 g/mol. The Morgan fingerprint density at radius 2 is 2.12 bits per heavy atom. The van der Waals surface area contributed by atoms with Crippen molar-refractivity contribution in [2.45, 2.75) is 26.7 Å². The van der Waals surface area contributed by atoms with E-state index in [1.807, 2.05) is 10.3 Å². The molecule has 2 aromatic heterocycles.